The molecule has 0 aliphatic rings. The van der Waals surface area contributed by atoms with Gasteiger partial charge in [-0.25, -0.2) is 0 Å². The molecule has 2 aromatic carbocycles. The van der Waals surface area contributed by atoms with Crippen molar-refractivity contribution in [3.05, 3.63) is 57.5 Å². The van der Waals surface area contributed by atoms with Crippen molar-refractivity contribution in [2.24, 2.45) is 0 Å². The summed E-state index contributed by atoms with van der Waals surface area (Å²) in [6.07, 6.45) is 0. The SMILES string of the molecule is Nc1cc(Cl)ccc1NC(=O)COCc1ccc(Br)cc1. The van der Waals surface area contributed by atoms with E-state index >= 15 is 0 Å². The molecule has 0 spiro atoms. The standard InChI is InChI=1S/C15H14BrClN2O2/c16-11-3-1-10(2-4-11)8-21-9-15(20)19-14-6-5-12(17)7-13(14)18/h1-7H,8-9,18H2,(H,19,20). The van der Waals surface area contributed by atoms with E-state index in [2.05, 4.69) is 21.2 Å². The first-order chi connectivity index (χ1) is 10.0. The second-order valence-electron chi connectivity index (χ2n) is 4.40. The fourth-order valence-electron chi connectivity index (χ4n) is 1.68. The van der Waals surface area contributed by atoms with Crippen LogP contribution in [0.1, 0.15) is 5.56 Å². The highest BCUT2D eigenvalue weighted by Crippen LogP contribution is 2.22. The fourth-order valence-corrected chi connectivity index (χ4v) is 2.12. The molecular formula is C15H14BrClN2O2. The fraction of sp³-hybridized carbons (Fsp3) is 0.133. The van der Waals surface area contributed by atoms with Gasteiger partial charge in [-0.15, -0.1) is 0 Å². The first-order valence-corrected chi connectivity index (χ1v) is 7.39. The Labute approximate surface area is 136 Å². The lowest BCUT2D eigenvalue weighted by Crippen LogP contribution is -2.19. The van der Waals surface area contributed by atoms with E-state index in [-0.39, 0.29) is 12.5 Å². The lowest BCUT2D eigenvalue weighted by atomic mass is 10.2. The minimum atomic E-state index is -0.263. The van der Waals surface area contributed by atoms with Crippen LogP contribution < -0.4 is 11.1 Å². The Morgan fingerprint density at radius 2 is 1.95 bits per heavy atom. The normalized spacial score (nSPS) is 10.4. The number of benzene rings is 2. The molecule has 0 atom stereocenters. The molecule has 0 aliphatic heterocycles. The van der Waals surface area contributed by atoms with Gasteiger partial charge in [0.05, 0.1) is 18.0 Å². The molecule has 0 heterocycles. The topological polar surface area (TPSA) is 64.3 Å². The van der Waals surface area contributed by atoms with Gasteiger partial charge >= 0.3 is 0 Å². The van der Waals surface area contributed by atoms with Crippen molar-refractivity contribution < 1.29 is 9.53 Å². The Hall–Kier alpha value is -1.56. The molecule has 2 rings (SSSR count). The zero-order valence-electron chi connectivity index (χ0n) is 11.1. The minimum Gasteiger partial charge on any atom is -0.397 e. The van der Waals surface area contributed by atoms with Gasteiger partial charge in [0, 0.05) is 9.50 Å². The molecule has 110 valence electrons. The quantitative estimate of drug-likeness (QED) is 0.787. The maximum Gasteiger partial charge on any atom is 0.250 e. The van der Waals surface area contributed by atoms with Crippen LogP contribution in [0.25, 0.3) is 0 Å². The molecule has 0 unspecified atom stereocenters. The van der Waals surface area contributed by atoms with Crippen molar-refractivity contribution in [2.75, 3.05) is 17.7 Å². The minimum absolute atomic E-state index is 0.0435. The summed E-state index contributed by atoms with van der Waals surface area (Å²) in [4.78, 5) is 11.8. The zero-order chi connectivity index (χ0) is 15.2. The number of carbonyl (C=O) groups is 1. The van der Waals surface area contributed by atoms with Crippen molar-refractivity contribution in [3.63, 3.8) is 0 Å². The third kappa shape index (κ3) is 5.04. The molecule has 6 heteroatoms. The predicted octanol–water partition coefficient (Wildman–Crippen LogP) is 3.84. The number of hydrogen-bond donors (Lipinski definition) is 2. The highest BCUT2D eigenvalue weighted by Gasteiger charge is 2.06. The summed E-state index contributed by atoms with van der Waals surface area (Å²) in [6.45, 7) is 0.328. The number of hydrogen-bond acceptors (Lipinski definition) is 3. The Balaban J connectivity index is 1.81. The summed E-state index contributed by atoms with van der Waals surface area (Å²) in [5.74, 6) is -0.263. The first-order valence-electron chi connectivity index (χ1n) is 6.21. The maximum absolute atomic E-state index is 11.8. The van der Waals surface area contributed by atoms with E-state index < -0.39 is 0 Å². The summed E-state index contributed by atoms with van der Waals surface area (Å²) in [5.41, 5.74) is 7.70. The molecule has 0 bridgehead atoms. The molecule has 3 N–H and O–H groups in total. The van der Waals surface area contributed by atoms with E-state index in [1.165, 1.54) is 0 Å². The number of nitrogen functional groups attached to an aromatic ring is 1. The van der Waals surface area contributed by atoms with Gasteiger partial charge in [-0.05, 0) is 35.9 Å². The van der Waals surface area contributed by atoms with Crippen LogP contribution in [0.3, 0.4) is 0 Å². The highest BCUT2D eigenvalue weighted by molar-refractivity contribution is 9.10. The monoisotopic (exact) mass is 368 g/mol. The van der Waals surface area contributed by atoms with Crippen LogP contribution in [0.5, 0.6) is 0 Å². The van der Waals surface area contributed by atoms with Gasteiger partial charge in [0.2, 0.25) is 5.91 Å². The molecule has 0 saturated carbocycles. The summed E-state index contributed by atoms with van der Waals surface area (Å²) >= 11 is 9.15. The second kappa shape index (κ2) is 7.45. The second-order valence-corrected chi connectivity index (χ2v) is 5.75. The van der Waals surface area contributed by atoms with Crippen molar-refractivity contribution >= 4 is 44.8 Å². The van der Waals surface area contributed by atoms with Crippen LogP contribution in [0, 0.1) is 0 Å². The summed E-state index contributed by atoms with van der Waals surface area (Å²) in [7, 11) is 0. The number of ether oxygens (including phenoxy) is 1. The van der Waals surface area contributed by atoms with Crippen molar-refractivity contribution in [1.29, 1.82) is 0 Å². The zero-order valence-corrected chi connectivity index (χ0v) is 13.4. The van der Waals surface area contributed by atoms with E-state index in [1.807, 2.05) is 24.3 Å². The van der Waals surface area contributed by atoms with Crippen molar-refractivity contribution in [3.8, 4) is 0 Å². The third-order valence-corrected chi connectivity index (χ3v) is 3.47. The van der Waals surface area contributed by atoms with Gasteiger partial charge in [0.15, 0.2) is 0 Å². The molecule has 1 amide bonds. The number of nitrogens with one attached hydrogen (secondary N) is 1. The Morgan fingerprint density at radius 1 is 1.24 bits per heavy atom. The molecule has 0 aliphatic carbocycles. The van der Waals surface area contributed by atoms with E-state index in [0.29, 0.717) is 23.0 Å². The Morgan fingerprint density at radius 3 is 2.62 bits per heavy atom. The van der Waals surface area contributed by atoms with Crippen LogP contribution in [0.4, 0.5) is 11.4 Å². The third-order valence-electron chi connectivity index (χ3n) is 2.70. The van der Waals surface area contributed by atoms with Crippen LogP contribution in [-0.2, 0) is 16.1 Å². The van der Waals surface area contributed by atoms with E-state index in [4.69, 9.17) is 22.1 Å². The average Bonchev–Trinajstić information content (AvgIpc) is 2.44. The van der Waals surface area contributed by atoms with Gasteiger partial charge in [-0.1, -0.05) is 39.7 Å². The van der Waals surface area contributed by atoms with Crippen LogP contribution in [-0.4, -0.2) is 12.5 Å². The van der Waals surface area contributed by atoms with Gasteiger partial charge in [0.25, 0.3) is 0 Å². The number of amides is 1. The number of nitrogens with two attached hydrogens (primary N) is 1. The van der Waals surface area contributed by atoms with Gasteiger partial charge in [0.1, 0.15) is 6.61 Å². The summed E-state index contributed by atoms with van der Waals surface area (Å²) < 4.78 is 6.36. The van der Waals surface area contributed by atoms with Crippen molar-refractivity contribution in [2.45, 2.75) is 6.61 Å². The van der Waals surface area contributed by atoms with E-state index in [1.54, 1.807) is 18.2 Å². The van der Waals surface area contributed by atoms with Crippen LogP contribution in [0.15, 0.2) is 46.9 Å². The Bertz CT molecular complexity index is 632. The van der Waals surface area contributed by atoms with Crippen LogP contribution >= 0.6 is 27.5 Å². The summed E-state index contributed by atoms with van der Waals surface area (Å²) in [6, 6.07) is 12.6. The van der Waals surface area contributed by atoms with E-state index in [0.717, 1.165) is 10.0 Å². The Kier molecular flexibility index (Phi) is 5.61. The highest BCUT2D eigenvalue weighted by atomic mass is 79.9. The number of halogens is 2. The molecule has 0 aromatic heterocycles. The molecule has 2 aromatic rings. The van der Waals surface area contributed by atoms with Crippen molar-refractivity contribution in [1.82, 2.24) is 0 Å². The lowest BCUT2D eigenvalue weighted by Gasteiger charge is -2.09. The molecular weight excluding hydrogens is 356 g/mol. The molecule has 4 nitrogen and oxygen atoms in total. The molecule has 0 fully saturated rings. The average molecular weight is 370 g/mol. The van der Waals surface area contributed by atoms with Gasteiger partial charge in [-0.2, -0.15) is 0 Å². The number of rotatable bonds is 5. The predicted molar refractivity (Wildman–Crippen MR) is 88.3 cm³/mol. The lowest BCUT2D eigenvalue weighted by molar-refractivity contribution is -0.121. The largest absolute Gasteiger partial charge is 0.397 e. The number of anilines is 2. The van der Waals surface area contributed by atoms with Gasteiger partial charge < -0.3 is 15.8 Å². The van der Waals surface area contributed by atoms with E-state index in [9.17, 15) is 4.79 Å². The molecule has 21 heavy (non-hydrogen) atoms. The first kappa shape index (κ1) is 15.8. The molecule has 0 saturated heterocycles. The van der Waals surface area contributed by atoms with Crippen LogP contribution in [0.2, 0.25) is 5.02 Å². The molecule has 0 radical (unpaired) electrons. The number of carbonyl (C=O) groups excluding carboxylic acids is 1. The maximum atomic E-state index is 11.8. The summed E-state index contributed by atoms with van der Waals surface area (Å²) in [5, 5.41) is 3.20. The van der Waals surface area contributed by atoms with Gasteiger partial charge in [-0.3, -0.25) is 4.79 Å². The smallest absolute Gasteiger partial charge is 0.250 e.